The minimum Gasteiger partial charge on any atom is -0.356 e. The SMILES string of the molecule is [NH3+]C[C@H](c1cccc(F)c1)S(=O)(=O)c1ccc(Cl)cc1. The van der Waals surface area contributed by atoms with E-state index in [0.717, 1.165) is 0 Å². The summed E-state index contributed by atoms with van der Waals surface area (Å²) in [5, 5.41) is -0.416. The van der Waals surface area contributed by atoms with Crippen molar-refractivity contribution in [3.05, 3.63) is 64.9 Å². The Morgan fingerprint density at radius 3 is 2.35 bits per heavy atom. The van der Waals surface area contributed by atoms with Crippen LogP contribution in [0.4, 0.5) is 4.39 Å². The lowest BCUT2D eigenvalue weighted by Crippen LogP contribution is -2.54. The van der Waals surface area contributed by atoms with Crippen LogP contribution in [-0.2, 0) is 9.84 Å². The van der Waals surface area contributed by atoms with E-state index < -0.39 is 20.9 Å². The van der Waals surface area contributed by atoms with Crippen LogP contribution in [0, 0.1) is 5.82 Å². The van der Waals surface area contributed by atoms with Crippen LogP contribution in [0.2, 0.25) is 5.02 Å². The Kier molecular flexibility index (Phi) is 4.42. The van der Waals surface area contributed by atoms with Gasteiger partial charge in [0.25, 0.3) is 0 Å². The molecule has 2 rings (SSSR count). The minimum atomic E-state index is -3.63. The summed E-state index contributed by atoms with van der Waals surface area (Å²) in [5.41, 5.74) is 4.07. The number of benzene rings is 2. The second-order valence-electron chi connectivity index (χ2n) is 4.33. The smallest absolute Gasteiger partial charge is 0.190 e. The van der Waals surface area contributed by atoms with Gasteiger partial charge in [-0.3, -0.25) is 0 Å². The van der Waals surface area contributed by atoms with Crippen LogP contribution in [-0.4, -0.2) is 15.0 Å². The summed E-state index contributed by atoms with van der Waals surface area (Å²) in [6.45, 7) is 0.119. The molecule has 0 unspecified atom stereocenters. The fourth-order valence-corrected chi connectivity index (χ4v) is 3.78. The molecule has 2 aromatic carbocycles. The average Bonchev–Trinajstić information content (AvgIpc) is 2.40. The van der Waals surface area contributed by atoms with E-state index in [1.54, 1.807) is 6.07 Å². The molecule has 3 N–H and O–H groups in total. The molecular weight excluding hydrogens is 301 g/mol. The van der Waals surface area contributed by atoms with Crippen molar-refractivity contribution in [1.29, 1.82) is 0 Å². The number of halogens is 2. The maximum Gasteiger partial charge on any atom is 0.190 e. The molecule has 0 spiro atoms. The van der Waals surface area contributed by atoms with Gasteiger partial charge in [0.05, 0.1) is 11.4 Å². The minimum absolute atomic E-state index is 0.119. The van der Waals surface area contributed by atoms with E-state index in [-0.39, 0.29) is 11.4 Å². The molecule has 106 valence electrons. The fourth-order valence-electron chi connectivity index (χ4n) is 2.00. The predicted molar refractivity (Wildman–Crippen MR) is 75.5 cm³/mol. The summed E-state index contributed by atoms with van der Waals surface area (Å²) in [6.07, 6.45) is 0. The largest absolute Gasteiger partial charge is 0.356 e. The molecule has 6 heteroatoms. The lowest BCUT2D eigenvalue weighted by molar-refractivity contribution is -0.367. The zero-order valence-electron chi connectivity index (χ0n) is 10.6. The number of sulfone groups is 1. The molecule has 1 atom stereocenters. The van der Waals surface area contributed by atoms with Gasteiger partial charge in [-0.05, 0) is 42.0 Å². The van der Waals surface area contributed by atoms with Gasteiger partial charge in [-0.15, -0.1) is 0 Å². The number of rotatable bonds is 4. The van der Waals surface area contributed by atoms with Crippen molar-refractivity contribution in [2.45, 2.75) is 10.1 Å². The first-order chi connectivity index (χ1) is 9.45. The molecular formula is C14H14ClFNO2S+. The Bertz CT molecular complexity index is 701. The highest BCUT2D eigenvalue weighted by molar-refractivity contribution is 7.91. The number of hydrogen-bond acceptors (Lipinski definition) is 2. The van der Waals surface area contributed by atoms with Crippen LogP contribution in [0.3, 0.4) is 0 Å². The van der Waals surface area contributed by atoms with Crippen molar-refractivity contribution >= 4 is 21.4 Å². The summed E-state index contributed by atoms with van der Waals surface area (Å²) < 4.78 is 38.4. The molecule has 0 aromatic heterocycles. The molecule has 20 heavy (non-hydrogen) atoms. The highest BCUT2D eigenvalue weighted by atomic mass is 35.5. The van der Waals surface area contributed by atoms with Crippen LogP contribution in [0.25, 0.3) is 0 Å². The van der Waals surface area contributed by atoms with E-state index in [2.05, 4.69) is 5.73 Å². The third-order valence-electron chi connectivity index (χ3n) is 3.00. The van der Waals surface area contributed by atoms with Gasteiger partial charge >= 0.3 is 0 Å². The highest BCUT2D eigenvalue weighted by Crippen LogP contribution is 2.28. The first kappa shape index (κ1) is 15.0. The Morgan fingerprint density at radius 1 is 1.15 bits per heavy atom. The van der Waals surface area contributed by atoms with Gasteiger partial charge in [0, 0.05) is 5.02 Å². The van der Waals surface area contributed by atoms with E-state index in [4.69, 9.17) is 11.6 Å². The van der Waals surface area contributed by atoms with Crippen LogP contribution >= 0.6 is 11.6 Å². The van der Waals surface area contributed by atoms with Gasteiger partial charge in [0.15, 0.2) is 9.84 Å². The molecule has 2 aromatic rings. The Balaban J connectivity index is 2.47. The third kappa shape index (κ3) is 3.00. The maximum atomic E-state index is 13.3. The van der Waals surface area contributed by atoms with E-state index in [9.17, 15) is 12.8 Å². The van der Waals surface area contributed by atoms with E-state index in [1.807, 2.05) is 0 Å². The van der Waals surface area contributed by atoms with Gasteiger partial charge in [-0.2, -0.15) is 0 Å². The maximum absolute atomic E-state index is 13.3. The van der Waals surface area contributed by atoms with E-state index >= 15 is 0 Å². The lowest BCUT2D eigenvalue weighted by Gasteiger charge is -2.15. The predicted octanol–water partition coefficient (Wildman–Crippen LogP) is 2.24. The second-order valence-corrected chi connectivity index (χ2v) is 6.90. The molecule has 0 fully saturated rings. The van der Waals surface area contributed by atoms with Crippen molar-refractivity contribution in [3.63, 3.8) is 0 Å². The summed E-state index contributed by atoms with van der Waals surface area (Å²) in [5.74, 6) is -0.466. The zero-order valence-corrected chi connectivity index (χ0v) is 12.2. The first-order valence-electron chi connectivity index (χ1n) is 5.99. The topological polar surface area (TPSA) is 61.8 Å². The third-order valence-corrected chi connectivity index (χ3v) is 5.44. The normalized spacial score (nSPS) is 13.2. The molecule has 0 radical (unpaired) electrons. The summed E-state index contributed by atoms with van der Waals surface area (Å²) in [4.78, 5) is 0.153. The van der Waals surface area contributed by atoms with Crippen molar-refractivity contribution in [3.8, 4) is 0 Å². The molecule has 0 saturated heterocycles. The van der Waals surface area contributed by atoms with Crippen molar-refractivity contribution < 1.29 is 18.5 Å². The Labute approximate surface area is 122 Å². The molecule has 0 aliphatic heterocycles. The van der Waals surface area contributed by atoms with Gasteiger partial charge in [-0.25, -0.2) is 12.8 Å². The standard InChI is InChI=1S/C14H13ClFNO2S/c15-11-4-6-13(7-5-11)20(18,19)14(9-17)10-2-1-3-12(16)8-10/h1-8,14H,9,17H2/p+1/t14-/m1/s1. The van der Waals surface area contributed by atoms with Crippen LogP contribution in [0.15, 0.2) is 53.4 Å². The quantitative estimate of drug-likeness (QED) is 0.940. The summed E-state index contributed by atoms with van der Waals surface area (Å²) in [6, 6.07) is 11.5. The monoisotopic (exact) mass is 314 g/mol. The fraction of sp³-hybridized carbons (Fsp3) is 0.143. The van der Waals surface area contributed by atoms with Crippen LogP contribution in [0.1, 0.15) is 10.8 Å². The second kappa shape index (κ2) is 5.91. The van der Waals surface area contributed by atoms with Gasteiger partial charge in [0.2, 0.25) is 0 Å². The lowest BCUT2D eigenvalue weighted by atomic mass is 10.1. The molecule has 0 bridgehead atoms. The van der Waals surface area contributed by atoms with Gasteiger partial charge in [0.1, 0.15) is 11.1 Å². The van der Waals surface area contributed by atoms with Crippen LogP contribution < -0.4 is 5.73 Å². The highest BCUT2D eigenvalue weighted by Gasteiger charge is 2.29. The van der Waals surface area contributed by atoms with E-state index in [0.29, 0.717) is 10.6 Å². The molecule has 0 aliphatic rings. The number of quaternary nitrogens is 1. The molecule has 0 aliphatic carbocycles. The molecule has 0 amide bonds. The summed E-state index contributed by atoms with van der Waals surface area (Å²) >= 11 is 5.76. The molecule has 0 heterocycles. The van der Waals surface area contributed by atoms with Crippen molar-refractivity contribution in [1.82, 2.24) is 0 Å². The van der Waals surface area contributed by atoms with Gasteiger partial charge in [-0.1, -0.05) is 23.7 Å². The Morgan fingerprint density at radius 2 is 1.80 bits per heavy atom. The van der Waals surface area contributed by atoms with Gasteiger partial charge < -0.3 is 5.73 Å². The molecule has 3 nitrogen and oxygen atoms in total. The summed E-state index contributed by atoms with van der Waals surface area (Å²) in [7, 11) is -3.63. The van der Waals surface area contributed by atoms with Crippen molar-refractivity contribution in [2.75, 3.05) is 6.54 Å². The molecule has 0 saturated carbocycles. The van der Waals surface area contributed by atoms with Crippen molar-refractivity contribution in [2.24, 2.45) is 0 Å². The van der Waals surface area contributed by atoms with Crippen LogP contribution in [0.5, 0.6) is 0 Å². The van der Waals surface area contributed by atoms with E-state index in [1.165, 1.54) is 42.5 Å². The average molecular weight is 315 g/mol. The first-order valence-corrected chi connectivity index (χ1v) is 7.92. The number of hydrogen-bond donors (Lipinski definition) is 1. The zero-order chi connectivity index (χ0) is 14.8. The Hall–Kier alpha value is -1.43.